The number of hydrogen-bond donors (Lipinski definition) is 0. The minimum atomic E-state index is -2.63. The summed E-state index contributed by atoms with van der Waals surface area (Å²) in [5.74, 6) is -0.573. The fourth-order valence-electron chi connectivity index (χ4n) is 2.31. The molecule has 0 spiro atoms. The summed E-state index contributed by atoms with van der Waals surface area (Å²) < 4.78 is 25.9. The molecular formula is C11H11F2N3O. The molecule has 3 rings (SSSR count). The Bertz CT molecular complexity index is 477. The van der Waals surface area contributed by atoms with Crippen LogP contribution in [0.3, 0.4) is 0 Å². The number of hydrogen-bond acceptors (Lipinski definition) is 3. The first-order chi connectivity index (χ1) is 8.08. The molecule has 4 nitrogen and oxygen atoms in total. The van der Waals surface area contributed by atoms with E-state index in [1.165, 1.54) is 5.01 Å². The number of aliphatic imine (C=N–C) groups is 1. The predicted octanol–water partition coefficient (Wildman–Crippen LogP) is 1.44. The second-order valence-corrected chi connectivity index (χ2v) is 4.51. The highest BCUT2D eigenvalue weighted by Gasteiger charge is 2.46. The molecule has 3 aliphatic rings. The largest absolute Gasteiger partial charge is 0.271 e. The van der Waals surface area contributed by atoms with E-state index >= 15 is 0 Å². The first-order valence-corrected chi connectivity index (χ1v) is 5.52. The summed E-state index contributed by atoms with van der Waals surface area (Å²) in [4.78, 5) is 15.1. The van der Waals surface area contributed by atoms with Gasteiger partial charge in [0.2, 0.25) is 0 Å². The van der Waals surface area contributed by atoms with E-state index in [1.807, 2.05) is 0 Å². The van der Waals surface area contributed by atoms with Crippen molar-refractivity contribution in [3.8, 4) is 0 Å². The van der Waals surface area contributed by atoms with Crippen LogP contribution in [0.2, 0.25) is 0 Å². The van der Waals surface area contributed by atoms with Crippen molar-refractivity contribution in [3.05, 3.63) is 11.6 Å². The molecule has 0 aromatic carbocycles. The third kappa shape index (κ3) is 1.59. The fourth-order valence-corrected chi connectivity index (χ4v) is 2.31. The number of fused-ring (bicyclic) bond motifs is 1. The van der Waals surface area contributed by atoms with Crippen LogP contribution in [-0.2, 0) is 4.79 Å². The zero-order chi connectivity index (χ0) is 12.2. The first-order valence-electron chi connectivity index (χ1n) is 5.52. The van der Waals surface area contributed by atoms with E-state index < -0.39 is 18.3 Å². The Kier molecular flexibility index (Phi) is 2.14. The number of alkyl halides is 2. The molecule has 1 unspecified atom stereocenters. The molecule has 1 saturated carbocycles. The number of carbonyl (C=O) groups is 1. The maximum atomic E-state index is 13.0. The van der Waals surface area contributed by atoms with Crippen molar-refractivity contribution >= 4 is 17.5 Å². The summed E-state index contributed by atoms with van der Waals surface area (Å²) in [6.07, 6.45) is 0.294. The fraction of sp³-hybridized carbons (Fsp3) is 0.545. The number of rotatable bonds is 2. The molecule has 17 heavy (non-hydrogen) atoms. The Morgan fingerprint density at radius 1 is 1.47 bits per heavy atom. The van der Waals surface area contributed by atoms with Crippen LogP contribution in [0.1, 0.15) is 12.8 Å². The van der Waals surface area contributed by atoms with Crippen LogP contribution in [0, 0.1) is 11.8 Å². The van der Waals surface area contributed by atoms with Gasteiger partial charge in [-0.2, -0.15) is 10.1 Å². The van der Waals surface area contributed by atoms with Gasteiger partial charge < -0.3 is 0 Å². The average Bonchev–Trinajstić information content (AvgIpc) is 3.04. The number of hydrazone groups is 1. The number of dihydropyridines is 1. The highest BCUT2D eigenvalue weighted by atomic mass is 19.3. The van der Waals surface area contributed by atoms with Crippen LogP contribution in [0.5, 0.6) is 0 Å². The second kappa shape index (κ2) is 3.45. The SMILES string of the molecule is CN1N=C(C2CC2)C2C(C(F)F)=CC(=O)N=C21. The van der Waals surface area contributed by atoms with E-state index in [0.717, 1.165) is 24.6 Å². The molecule has 90 valence electrons. The lowest BCUT2D eigenvalue weighted by atomic mass is 9.89. The first kappa shape index (κ1) is 10.6. The summed E-state index contributed by atoms with van der Waals surface area (Å²) in [5, 5.41) is 5.70. The highest BCUT2D eigenvalue weighted by molar-refractivity contribution is 6.19. The lowest BCUT2D eigenvalue weighted by Crippen LogP contribution is -2.33. The average molecular weight is 239 g/mol. The lowest BCUT2D eigenvalue weighted by molar-refractivity contribution is -0.113. The van der Waals surface area contributed by atoms with Crippen molar-refractivity contribution in [2.45, 2.75) is 19.3 Å². The van der Waals surface area contributed by atoms with Crippen molar-refractivity contribution < 1.29 is 13.6 Å². The Balaban J connectivity index is 2.03. The summed E-state index contributed by atoms with van der Waals surface area (Å²) in [6.45, 7) is 0. The Morgan fingerprint density at radius 3 is 2.76 bits per heavy atom. The number of nitrogens with zero attached hydrogens (tertiary/aromatic N) is 3. The molecule has 1 amide bonds. The van der Waals surface area contributed by atoms with Crippen LogP contribution in [0.4, 0.5) is 8.78 Å². The summed E-state index contributed by atoms with van der Waals surface area (Å²) in [6, 6.07) is 0. The van der Waals surface area contributed by atoms with E-state index in [9.17, 15) is 13.6 Å². The van der Waals surface area contributed by atoms with E-state index in [2.05, 4.69) is 10.1 Å². The molecule has 0 N–H and O–H groups in total. The number of amidine groups is 1. The molecule has 2 aliphatic heterocycles. The maximum absolute atomic E-state index is 13.0. The van der Waals surface area contributed by atoms with Gasteiger partial charge >= 0.3 is 0 Å². The van der Waals surface area contributed by atoms with Crippen molar-refractivity contribution in [1.82, 2.24) is 5.01 Å². The smallest absolute Gasteiger partial charge is 0.267 e. The molecule has 0 bridgehead atoms. The Labute approximate surface area is 96.7 Å². The molecule has 0 aromatic heterocycles. The Morgan fingerprint density at radius 2 is 2.18 bits per heavy atom. The quantitative estimate of drug-likeness (QED) is 0.732. The van der Waals surface area contributed by atoms with E-state index in [-0.39, 0.29) is 11.5 Å². The standard InChI is InChI=1S/C11H11F2N3O/c1-16-11-8(9(15-16)5-2-3-5)6(10(12)13)4-7(17)14-11/h4-5,8,10H,2-3H2,1H3. The van der Waals surface area contributed by atoms with Crippen molar-refractivity contribution in [2.24, 2.45) is 21.9 Å². The van der Waals surface area contributed by atoms with Gasteiger partial charge in [0.05, 0.1) is 11.6 Å². The molecule has 0 aromatic rings. The zero-order valence-corrected chi connectivity index (χ0v) is 9.23. The number of halogens is 2. The third-order valence-electron chi connectivity index (χ3n) is 3.25. The van der Waals surface area contributed by atoms with Crippen molar-refractivity contribution in [1.29, 1.82) is 0 Å². The molecular weight excluding hydrogens is 228 g/mol. The summed E-state index contributed by atoms with van der Waals surface area (Å²) in [7, 11) is 1.64. The minimum Gasteiger partial charge on any atom is -0.267 e. The Hall–Kier alpha value is -1.59. The summed E-state index contributed by atoms with van der Waals surface area (Å²) in [5.41, 5.74) is 0.584. The van der Waals surface area contributed by atoms with Crippen LogP contribution in [-0.4, -0.2) is 35.9 Å². The third-order valence-corrected chi connectivity index (χ3v) is 3.25. The van der Waals surface area contributed by atoms with Crippen LogP contribution in [0.25, 0.3) is 0 Å². The summed E-state index contributed by atoms with van der Waals surface area (Å²) >= 11 is 0. The van der Waals surface area contributed by atoms with Crippen molar-refractivity contribution in [3.63, 3.8) is 0 Å². The van der Waals surface area contributed by atoms with E-state index in [1.54, 1.807) is 7.05 Å². The van der Waals surface area contributed by atoms with Gasteiger partial charge in [-0.1, -0.05) is 0 Å². The topological polar surface area (TPSA) is 45.0 Å². The molecule has 1 aliphatic carbocycles. The molecule has 2 heterocycles. The van der Waals surface area contributed by atoms with Gasteiger partial charge in [-0.25, -0.2) is 8.78 Å². The molecule has 1 fully saturated rings. The number of amides is 1. The molecule has 0 saturated heterocycles. The van der Waals surface area contributed by atoms with Crippen molar-refractivity contribution in [2.75, 3.05) is 7.05 Å². The maximum Gasteiger partial charge on any atom is 0.271 e. The van der Waals surface area contributed by atoms with E-state index in [0.29, 0.717) is 5.84 Å². The van der Waals surface area contributed by atoms with Crippen LogP contribution >= 0.6 is 0 Å². The van der Waals surface area contributed by atoms with Crippen LogP contribution < -0.4 is 0 Å². The van der Waals surface area contributed by atoms with Gasteiger partial charge in [0, 0.05) is 24.6 Å². The lowest BCUT2D eigenvalue weighted by Gasteiger charge is -2.21. The molecule has 1 atom stereocenters. The van der Waals surface area contributed by atoms with Gasteiger partial charge in [-0.3, -0.25) is 9.80 Å². The monoisotopic (exact) mass is 239 g/mol. The van der Waals surface area contributed by atoms with Gasteiger partial charge in [-0.05, 0) is 12.8 Å². The van der Waals surface area contributed by atoms with Crippen LogP contribution in [0.15, 0.2) is 21.7 Å². The zero-order valence-electron chi connectivity index (χ0n) is 9.23. The molecule has 6 heteroatoms. The van der Waals surface area contributed by atoms with E-state index in [4.69, 9.17) is 0 Å². The predicted molar refractivity (Wildman–Crippen MR) is 57.9 cm³/mol. The van der Waals surface area contributed by atoms with Gasteiger partial charge in [0.25, 0.3) is 12.3 Å². The van der Waals surface area contributed by atoms with Gasteiger partial charge in [0.1, 0.15) is 5.84 Å². The number of carbonyl (C=O) groups excluding carboxylic acids is 1. The second-order valence-electron chi connectivity index (χ2n) is 4.51. The highest BCUT2D eigenvalue weighted by Crippen LogP contribution is 2.41. The van der Waals surface area contributed by atoms with Gasteiger partial charge in [0.15, 0.2) is 0 Å². The van der Waals surface area contributed by atoms with Gasteiger partial charge in [-0.15, -0.1) is 0 Å². The molecule has 0 radical (unpaired) electrons. The normalized spacial score (nSPS) is 28.0. The minimum absolute atomic E-state index is 0.157.